The van der Waals surface area contributed by atoms with Crippen LogP contribution in [-0.4, -0.2) is 27.2 Å². The van der Waals surface area contributed by atoms with Crippen LogP contribution in [0.15, 0.2) is 12.3 Å². The molecule has 2 aromatic rings. The zero-order valence-corrected chi connectivity index (χ0v) is 11.5. The lowest BCUT2D eigenvalue weighted by atomic mass is 10.3. The molecule has 7 heteroatoms. The number of primary amides is 1. The summed E-state index contributed by atoms with van der Waals surface area (Å²) in [6.07, 6.45) is 0.919. The standard InChI is InChI=1S/C12H15ClN4O2/c1-7-3-4-15-11-9(7)16-10(8(2)13)17(11)5-6-19-12(14)18/h3-4,8H,5-6H2,1-2H3,(H2,14,18). The minimum Gasteiger partial charge on any atom is -0.448 e. The molecule has 6 nitrogen and oxygen atoms in total. The predicted molar refractivity (Wildman–Crippen MR) is 72.1 cm³/mol. The van der Waals surface area contributed by atoms with E-state index in [0.29, 0.717) is 12.4 Å². The van der Waals surface area contributed by atoms with Gasteiger partial charge in [-0.25, -0.2) is 14.8 Å². The van der Waals surface area contributed by atoms with E-state index in [1.165, 1.54) is 0 Å². The highest BCUT2D eigenvalue weighted by atomic mass is 35.5. The number of nitrogens with zero attached hydrogens (tertiary/aromatic N) is 3. The van der Waals surface area contributed by atoms with Gasteiger partial charge in [0.2, 0.25) is 0 Å². The van der Waals surface area contributed by atoms with Crippen LogP contribution in [0.5, 0.6) is 0 Å². The predicted octanol–water partition coefficient (Wildman–Crippen LogP) is 2.13. The van der Waals surface area contributed by atoms with Crippen LogP contribution >= 0.6 is 11.6 Å². The Balaban J connectivity index is 2.41. The Labute approximate surface area is 115 Å². The number of ether oxygens (including phenoxy) is 1. The smallest absolute Gasteiger partial charge is 0.404 e. The molecule has 1 amide bonds. The summed E-state index contributed by atoms with van der Waals surface area (Å²) in [5, 5.41) is -0.262. The summed E-state index contributed by atoms with van der Waals surface area (Å²) in [5.74, 6) is 0.700. The minimum absolute atomic E-state index is 0.160. The number of carbonyl (C=O) groups excluding carboxylic acids is 1. The van der Waals surface area contributed by atoms with Crippen molar-refractivity contribution >= 4 is 28.9 Å². The van der Waals surface area contributed by atoms with E-state index >= 15 is 0 Å². The molecule has 0 aliphatic carbocycles. The number of carbonyl (C=O) groups is 1. The van der Waals surface area contributed by atoms with Gasteiger partial charge in [-0.3, -0.25) is 0 Å². The number of rotatable bonds is 4. The van der Waals surface area contributed by atoms with E-state index in [0.717, 1.165) is 16.7 Å². The van der Waals surface area contributed by atoms with Gasteiger partial charge in [-0.05, 0) is 25.5 Å². The first kappa shape index (κ1) is 13.6. The molecule has 19 heavy (non-hydrogen) atoms. The number of hydrogen-bond donors (Lipinski definition) is 1. The van der Waals surface area contributed by atoms with Crippen LogP contribution in [0.4, 0.5) is 4.79 Å². The topological polar surface area (TPSA) is 83.0 Å². The third kappa shape index (κ3) is 2.78. The maximum Gasteiger partial charge on any atom is 0.404 e. The fourth-order valence-corrected chi connectivity index (χ4v) is 2.08. The summed E-state index contributed by atoms with van der Waals surface area (Å²) in [7, 11) is 0. The molecule has 102 valence electrons. The summed E-state index contributed by atoms with van der Waals surface area (Å²) >= 11 is 6.13. The van der Waals surface area contributed by atoms with Gasteiger partial charge in [0.05, 0.1) is 11.9 Å². The first-order chi connectivity index (χ1) is 9.00. The van der Waals surface area contributed by atoms with Crippen molar-refractivity contribution in [1.29, 1.82) is 0 Å². The maximum atomic E-state index is 10.6. The molecule has 1 unspecified atom stereocenters. The molecule has 0 aliphatic rings. The van der Waals surface area contributed by atoms with E-state index < -0.39 is 6.09 Å². The lowest BCUT2D eigenvalue weighted by Gasteiger charge is -2.09. The Bertz CT molecular complexity index is 609. The quantitative estimate of drug-likeness (QED) is 0.871. The maximum absolute atomic E-state index is 10.6. The molecule has 1 atom stereocenters. The Morgan fingerprint density at radius 3 is 3.00 bits per heavy atom. The van der Waals surface area contributed by atoms with E-state index in [1.807, 2.05) is 24.5 Å². The fraction of sp³-hybridized carbons (Fsp3) is 0.417. The van der Waals surface area contributed by atoms with Crippen LogP contribution in [0.3, 0.4) is 0 Å². The number of aromatic nitrogens is 3. The lowest BCUT2D eigenvalue weighted by molar-refractivity contribution is 0.152. The molecule has 0 aliphatic heterocycles. The summed E-state index contributed by atoms with van der Waals surface area (Å²) in [6.45, 7) is 4.38. The number of aryl methyl sites for hydroxylation is 1. The third-order valence-electron chi connectivity index (χ3n) is 2.78. The van der Waals surface area contributed by atoms with Crippen molar-refractivity contribution < 1.29 is 9.53 Å². The third-order valence-corrected chi connectivity index (χ3v) is 2.98. The van der Waals surface area contributed by atoms with Gasteiger partial charge in [-0.15, -0.1) is 11.6 Å². The monoisotopic (exact) mass is 282 g/mol. The Kier molecular flexibility index (Phi) is 3.90. The summed E-state index contributed by atoms with van der Waals surface area (Å²) in [6, 6.07) is 1.89. The van der Waals surface area contributed by atoms with Crippen LogP contribution in [0.1, 0.15) is 23.7 Å². The van der Waals surface area contributed by atoms with Gasteiger partial charge in [0.1, 0.15) is 17.9 Å². The average Bonchev–Trinajstić information content (AvgIpc) is 2.70. The number of fused-ring (bicyclic) bond motifs is 1. The molecule has 2 aromatic heterocycles. The Hall–Kier alpha value is -1.82. The summed E-state index contributed by atoms with van der Waals surface area (Å²) in [4.78, 5) is 19.4. The number of alkyl halides is 1. The highest BCUT2D eigenvalue weighted by Crippen LogP contribution is 2.24. The van der Waals surface area contributed by atoms with Gasteiger partial charge in [-0.2, -0.15) is 0 Å². The molecule has 0 spiro atoms. The van der Waals surface area contributed by atoms with Crippen molar-refractivity contribution in [3.8, 4) is 0 Å². The van der Waals surface area contributed by atoms with Crippen LogP contribution in [-0.2, 0) is 11.3 Å². The minimum atomic E-state index is -0.797. The summed E-state index contributed by atoms with van der Waals surface area (Å²) < 4.78 is 6.60. The zero-order chi connectivity index (χ0) is 14.0. The molecule has 2 heterocycles. The first-order valence-corrected chi connectivity index (χ1v) is 6.32. The van der Waals surface area contributed by atoms with Gasteiger partial charge in [0.25, 0.3) is 0 Å². The molecule has 0 radical (unpaired) electrons. The van der Waals surface area contributed by atoms with Gasteiger partial charge in [0, 0.05) is 6.20 Å². The molecule has 2 rings (SSSR count). The molecule has 0 fully saturated rings. The second kappa shape index (κ2) is 5.44. The Morgan fingerprint density at radius 2 is 2.37 bits per heavy atom. The van der Waals surface area contributed by atoms with Crippen LogP contribution < -0.4 is 5.73 Å². The summed E-state index contributed by atoms with van der Waals surface area (Å²) in [5.41, 5.74) is 7.51. The van der Waals surface area contributed by atoms with Crippen molar-refractivity contribution in [2.45, 2.75) is 25.8 Å². The number of nitrogens with two attached hydrogens (primary N) is 1. The number of amides is 1. The second-order valence-electron chi connectivity index (χ2n) is 4.21. The fourth-order valence-electron chi connectivity index (χ4n) is 1.92. The highest BCUT2D eigenvalue weighted by molar-refractivity contribution is 6.20. The van der Waals surface area contributed by atoms with E-state index in [2.05, 4.69) is 9.97 Å². The lowest BCUT2D eigenvalue weighted by Crippen LogP contribution is -2.17. The molecular weight excluding hydrogens is 268 g/mol. The molecule has 0 aromatic carbocycles. The van der Waals surface area contributed by atoms with Crippen molar-refractivity contribution in [2.24, 2.45) is 5.73 Å². The van der Waals surface area contributed by atoms with E-state index in [9.17, 15) is 4.79 Å². The van der Waals surface area contributed by atoms with Crippen molar-refractivity contribution in [3.63, 3.8) is 0 Å². The average molecular weight is 283 g/mol. The normalized spacial score (nSPS) is 12.6. The van der Waals surface area contributed by atoms with E-state index in [4.69, 9.17) is 22.1 Å². The number of halogens is 1. The van der Waals surface area contributed by atoms with Crippen LogP contribution in [0.2, 0.25) is 0 Å². The van der Waals surface area contributed by atoms with E-state index in [1.54, 1.807) is 6.20 Å². The van der Waals surface area contributed by atoms with Crippen molar-refractivity contribution in [1.82, 2.24) is 14.5 Å². The van der Waals surface area contributed by atoms with Crippen LogP contribution in [0.25, 0.3) is 11.2 Å². The Morgan fingerprint density at radius 1 is 1.63 bits per heavy atom. The van der Waals surface area contributed by atoms with Crippen molar-refractivity contribution in [3.05, 3.63) is 23.7 Å². The first-order valence-electron chi connectivity index (χ1n) is 5.88. The molecular formula is C12H15ClN4O2. The van der Waals surface area contributed by atoms with E-state index in [-0.39, 0.29) is 12.0 Å². The van der Waals surface area contributed by atoms with Gasteiger partial charge >= 0.3 is 6.09 Å². The largest absolute Gasteiger partial charge is 0.448 e. The highest BCUT2D eigenvalue weighted by Gasteiger charge is 2.17. The van der Waals surface area contributed by atoms with Crippen molar-refractivity contribution in [2.75, 3.05) is 6.61 Å². The van der Waals surface area contributed by atoms with Crippen LogP contribution in [0, 0.1) is 6.92 Å². The van der Waals surface area contributed by atoms with Gasteiger partial charge < -0.3 is 15.0 Å². The number of pyridine rings is 1. The molecule has 0 saturated heterocycles. The zero-order valence-electron chi connectivity index (χ0n) is 10.8. The second-order valence-corrected chi connectivity index (χ2v) is 4.86. The SMILES string of the molecule is Cc1ccnc2c1nc(C(C)Cl)n2CCOC(N)=O. The number of hydrogen-bond acceptors (Lipinski definition) is 4. The molecule has 0 bridgehead atoms. The molecule has 2 N–H and O–H groups in total. The van der Waals surface area contributed by atoms with Gasteiger partial charge in [0.15, 0.2) is 5.65 Å². The molecule has 0 saturated carbocycles. The van der Waals surface area contributed by atoms with Gasteiger partial charge in [-0.1, -0.05) is 0 Å². The number of imidazole rings is 1.